The molecule has 21 heavy (non-hydrogen) atoms. The van der Waals surface area contributed by atoms with Crippen LogP contribution in [0, 0.1) is 6.92 Å². The topological polar surface area (TPSA) is 27.7 Å². The molecule has 0 saturated carbocycles. The Morgan fingerprint density at radius 2 is 1.43 bits per heavy atom. The van der Waals surface area contributed by atoms with E-state index >= 15 is 0 Å². The standard InChI is InChI=1S/C18H18O3/c1-11-5-6-12-10-14-15(19-2)7-8-16(20-3)17(14)18(21-4)13(12)9-11/h5-10H,1-4H3. The molecule has 0 fully saturated rings. The monoisotopic (exact) mass is 282 g/mol. The van der Waals surface area contributed by atoms with Gasteiger partial charge in [0.2, 0.25) is 0 Å². The first-order valence-corrected chi connectivity index (χ1v) is 6.81. The number of hydrogen-bond donors (Lipinski definition) is 0. The second-order valence-corrected chi connectivity index (χ2v) is 5.03. The van der Waals surface area contributed by atoms with Crippen LogP contribution in [0.4, 0.5) is 0 Å². The van der Waals surface area contributed by atoms with Crippen LogP contribution < -0.4 is 14.2 Å². The first-order chi connectivity index (χ1) is 10.2. The van der Waals surface area contributed by atoms with Crippen molar-refractivity contribution in [3.8, 4) is 17.2 Å². The summed E-state index contributed by atoms with van der Waals surface area (Å²) >= 11 is 0. The van der Waals surface area contributed by atoms with Crippen LogP contribution in [0.25, 0.3) is 21.5 Å². The van der Waals surface area contributed by atoms with Crippen molar-refractivity contribution in [2.75, 3.05) is 21.3 Å². The molecule has 0 bridgehead atoms. The van der Waals surface area contributed by atoms with Crippen LogP contribution >= 0.6 is 0 Å². The highest BCUT2D eigenvalue weighted by molar-refractivity contribution is 6.10. The summed E-state index contributed by atoms with van der Waals surface area (Å²) in [7, 11) is 5.03. The molecule has 0 amide bonds. The fourth-order valence-electron chi connectivity index (χ4n) is 2.80. The first-order valence-electron chi connectivity index (χ1n) is 6.81. The highest BCUT2D eigenvalue weighted by atomic mass is 16.5. The summed E-state index contributed by atoms with van der Waals surface area (Å²) in [5.74, 6) is 2.42. The summed E-state index contributed by atoms with van der Waals surface area (Å²) in [4.78, 5) is 0. The van der Waals surface area contributed by atoms with Gasteiger partial charge in [0.1, 0.15) is 17.2 Å². The number of benzene rings is 3. The largest absolute Gasteiger partial charge is 0.496 e. The second-order valence-electron chi connectivity index (χ2n) is 5.03. The van der Waals surface area contributed by atoms with E-state index in [9.17, 15) is 0 Å². The Bertz CT molecular complexity index is 822. The van der Waals surface area contributed by atoms with Gasteiger partial charge in [0, 0.05) is 10.8 Å². The van der Waals surface area contributed by atoms with Crippen molar-refractivity contribution in [1.82, 2.24) is 0 Å². The van der Waals surface area contributed by atoms with E-state index in [1.807, 2.05) is 12.1 Å². The van der Waals surface area contributed by atoms with E-state index in [2.05, 4.69) is 31.2 Å². The lowest BCUT2D eigenvalue weighted by Crippen LogP contribution is -1.94. The summed E-state index contributed by atoms with van der Waals surface area (Å²) in [6, 6.07) is 12.3. The molecular weight excluding hydrogens is 264 g/mol. The predicted molar refractivity (Wildman–Crippen MR) is 85.8 cm³/mol. The molecular formula is C18H18O3. The van der Waals surface area contributed by atoms with Crippen LogP contribution in [-0.2, 0) is 0 Å². The van der Waals surface area contributed by atoms with E-state index < -0.39 is 0 Å². The minimum absolute atomic E-state index is 0.783. The Morgan fingerprint density at radius 3 is 2.10 bits per heavy atom. The van der Waals surface area contributed by atoms with Crippen molar-refractivity contribution >= 4 is 21.5 Å². The molecule has 3 aromatic carbocycles. The van der Waals surface area contributed by atoms with E-state index in [0.717, 1.165) is 38.8 Å². The van der Waals surface area contributed by atoms with Gasteiger partial charge in [0.05, 0.1) is 26.7 Å². The van der Waals surface area contributed by atoms with E-state index in [1.54, 1.807) is 21.3 Å². The lowest BCUT2D eigenvalue weighted by molar-refractivity contribution is 0.402. The molecule has 0 N–H and O–H groups in total. The summed E-state index contributed by atoms with van der Waals surface area (Å²) in [5.41, 5.74) is 1.20. The average molecular weight is 282 g/mol. The molecule has 108 valence electrons. The Balaban J connectivity index is 2.56. The summed E-state index contributed by atoms with van der Waals surface area (Å²) < 4.78 is 16.7. The van der Waals surface area contributed by atoms with Gasteiger partial charge in [-0.3, -0.25) is 0 Å². The fourth-order valence-corrected chi connectivity index (χ4v) is 2.80. The zero-order chi connectivity index (χ0) is 15.0. The second kappa shape index (κ2) is 5.17. The van der Waals surface area contributed by atoms with Gasteiger partial charge in [-0.1, -0.05) is 17.7 Å². The van der Waals surface area contributed by atoms with E-state index in [4.69, 9.17) is 14.2 Å². The van der Waals surface area contributed by atoms with Gasteiger partial charge in [0.15, 0.2) is 0 Å². The minimum atomic E-state index is 0.783. The minimum Gasteiger partial charge on any atom is -0.496 e. The molecule has 3 rings (SSSR count). The predicted octanol–water partition coefficient (Wildman–Crippen LogP) is 4.33. The van der Waals surface area contributed by atoms with Crippen molar-refractivity contribution in [2.45, 2.75) is 6.92 Å². The Morgan fingerprint density at radius 1 is 0.714 bits per heavy atom. The van der Waals surface area contributed by atoms with E-state index in [-0.39, 0.29) is 0 Å². The maximum absolute atomic E-state index is 5.70. The van der Waals surface area contributed by atoms with Crippen LogP contribution in [0.2, 0.25) is 0 Å². The molecule has 0 heterocycles. The number of fused-ring (bicyclic) bond motifs is 2. The number of methoxy groups -OCH3 is 3. The molecule has 0 saturated heterocycles. The van der Waals surface area contributed by atoms with E-state index in [1.165, 1.54) is 5.56 Å². The van der Waals surface area contributed by atoms with Crippen LogP contribution in [0.1, 0.15) is 5.56 Å². The molecule has 3 heteroatoms. The number of hydrogen-bond acceptors (Lipinski definition) is 3. The molecule has 0 atom stereocenters. The summed E-state index contributed by atoms with van der Waals surface area (Å²) in [5, 5.41) is 4.13. The number of ether oxygens (including phenoxy) is 3. The van der Waals surface area contributed by atoms with Crippen molar-refractivity contribution in [3.63, 3.8) is 0 Å². The molecule has 0 unspecified atom stereocenters. The van der Waals surface area contributed by atoms with Gasteiger partial charge in [0.25, 0.3) is 0 Å². The van der Waals surface area contributed by atoms with Crippen LogP contribution in [0.3, 0.4) is 0 Å². The third-order valence-corrected chi connectivity index (χ3v) is 3.79. The van der Waals surface area contributed by atoms with Crippen molar-refractivity contribution in [3.05, 3.63) is 42.0 Å². The van der Waals surface area contributed by atoms with Crippen LogP contribution in [-0.4, -0.2) is 21.3 Å². The fraction of sp³-hybridized carbons (Fsp3) is 0.222. The van der Waals surface area contributed by atoms with Crippen LogP contribution in [0.5, 0.6) is 17.2 Å². The average Bonchev–Trinajstić information content (AvgIpc) is 2.51. The lowest BCUT2D eigenvalue weighted by Gasteiger charge is -2.15. The van der Waals surface area contributed by atoms with Crippen molar-refractivity contribution < 1.29 is 14.2 Å². The SMILES string of the molecule is COc1ccc(OC)c2c(OC)c3cc(C)ccc3cc12. The zero-order valence-corrected chi connectivity index (χ0v) is 12.7. The molecule has 0 aliphatic carbocycles. The van der Waals surface area contributed by atoms with Gasteiger partial charge in [-0.15, -0.1) is 0 Å². The Labute approximate surface area is 124 Å². The molecule has 0 aromatic heterocycles. The Kier molecular flexibility index (Phi) is 3.34. The maximum Gasteiger partial charge on any atom is 0.138 e. The first kappa shape index (κ1) is 13.6. The van der Waals surface area contributed by atoms with Gasteiger partial charge in [-0.05, 0) is 36.6 Å². The molecule has 0 spiro atoms. The normalized spacial score (nSPS) is 10.9. The van der Waals surface area contributed by atoms with Crippen molar-refractivity contribution in [2.24, 2.45) is 0 Å². The Hall–Kier alpha value is -2.42. The van der Waals surface area contributed by atoms with Crippen molar-refractivity contribution in [1.29, 1.82) is 0 Å². The van der Waals surface area contributed by atoms with Gasteiger partial charge >= 0.3 is 0 Å². The number of aryl methyl sites for hydroxylation is 1. The third-order valence-electron chi connectivity index (χ3n) is 3.79. The highest BCUT2D eigenvalue weighted by Crippen LogP contribution is 2.43. The highest BCUT2D eigenvalue weighted by Gasteiger charge is 2.16. The third kappa shape index (κ3) is 2.05. The molecule has 0 aliphatic heterocycles. The zero-order valence-electron chi connectivity index (χ0n) is 12.7. The van der Waals surface area contributed by atoms with Gasteiger partial charge in [-0.25, -0.2) is 0 Å². The smallest absolute Gasteiger partial charge is 0.138 e. The quantitative estimate of drug-likeness (QED) is 0.669. The maximum atomic E-state index is 5.70. The lowest BCUT2D eigenvalue weighted by atomic mass is 9.99. The summed E-state index contributed by atoms with van der Waals surface area (Å²) in [6.07, 6.45) is 0. The molecule has 3 nitrogen and oxygen atoms in total. The van der Waals surface area contributed by atoms with Crippen LogP contribution in [0.15, 0.2) is 36.4 Å². The van der Waals surface area contributed by atoms with Gasteiger partial charge in [-0.2, -0.15) is 0 Å². The van der Waals surface area contributed by atoms with Gasteiger partial charge < -0.3 is 14.2 Å². The molecule has 0 radical (unpaired) electrons. The summed E-state index contributed by atoms with van der Waals surface area (Å²) in [6.45, 7) is 2.08. The molecule has 3 aromatic rings. The number of rotatable bonds is 3. The molecule has 0 aliphatic rings. The van der Waals surface area contributed by atoms with E-state index in [0.29, 0.717) is 0 Å².